The summed E-state index contributed by atoms with van der Waals surface area (Å²) in [6.45, 7) is 6.09. The van der Waals surface area contributed by atoms with Crippen molar-refractivity contribution in [3.8, 4) is 0 Å². The Morgan fingerprint density at radius 2 is 1.79 bits per heavy atom. The molecule has 106 valence electrons. The highest BCUT2D eigenvalue weighted by molar-refractivity contribution is 5.21. The van der Waals surface area contributed by atoms with Crippen molar-refractivity contribution in [2.24, 2.45) is 5.92 Å². The van der Waals surface area contributed by atoms with Crippen LogP contribution < -0.4 is 0 Å². The molecule has 0 spiro atoms. The number of likely N-dealkylation sites (tertiary alicyclic amines) is 1. The van der Waals surface area contributed by atoms with E-state index in [0.29, 0.717) is 12.5 Å². The highest BCUT2D eigenvalue weighted by Gasteiger charge is 2.17. The summed E-state index contributed by atoms with van der Waals surface area (Å²) in [6, 6.07) is 8.91. The second-order valence-electron chi connectivity index (χ2n) is 5.91. The predicted octanol–water partition coefficient (Wildman–Crippen LogP) is 3.02. The zero-order chi connectivity index (χ0) is 13.5. The van der Waals surface area contributed by atoms with Crippen molar-refractivity contribution in [1.82, 2.24) is 4.90 Å². The van der Waals surface area contributed by atoms with Crippen molar-refractivity contribution in [3.05, 3.63) is 35.4 Å². The molecule has 1 saturated heterocycles. The van der Waals surface area contributed by atoms with E-state index in [1.165, 1.54) is 62.9 Å². The van der Waals surface area contributed by atoms with Gasteiger partial charge >= 0.3 is 0 Å². The third kappa shape index (κ3) is 4.96. The molecule has 2 nitrogen and oxygen atoms in total. The van der Waals surface area contributed by atoms with Crippen LogP contribution in [0.5, 0.6) is 0 Å². The average Bonchev–Trinajstić information content (AvgIpc) is 2.46. The fourth-order valence-electron chi connectivity index (χ4n) is 2.81. The molecule has 1 aromatic rings. The van der Waals surface area contributed by atoms with E-state index in [0.717, 1.165) is 0 Å². The Balaban J connectivity index is 1.58. The minimum Gasteiger partial charge on any atom is -0.396 e. The number of benzene rings is 1. The minimum absolute atomic E-state index is 0.376. The van der Waals surface area contributed by atoms with Crippen LogP contribution in [-0.2, 0) is 6.42 Å². The maximum absolute atomic E-state index is 9.12. The molecule has 1 aliphatic heterocycles. The Morgan fingerprint density at radius 1 is 1.11 bits per heavy atom. The SMILES string of the molecule is Cc1ccc(CCCCN2CCC(CO)CC2)cc1. The standard InChI is InChI=1S/C17H27NO/c1-15-5-7-16(8-6-15)4-2-3-11-18-12-9-17(14-19)10-13-18/h5-8,17,19H,2-4,9-14H2,1H3. The Kier molecular flexibility index (Phi) is 5.87. The van der Waals surface area contributed by atoms with E-state index in [1.54, 1.807) is 0 Å². The minimum atomic E-state index is 0.376. The topological polar surface area (TPSA) is 23.5 Å². The van der Waals surface area contributed by atoms with Crippen molar-refractivity contribution in [1.29, 1.82) is 0 Å². The maximum atomic E-state index is 9.12. The van der Waals surface area contributed by atoms with E-state index in [9.17, 15) is 0 Å². The number of aliphatic hydroxyl groups excluding tert-OH is 1. The van der Waals surface area contributed by atoms with Crippen LogP contribution in [0, 0.1) is 12.8 Å². The smallest absolute Gasteiger partial charge is 0.0460 e. The summed E-state index contributed by atoms with van der Waals surface area (Å²) in [6.07, 6.45) is 6.12. The van der Waals surface area contributed by atoms with Crippen LogP contribution in [0.2, 0.25) is 0 Å². The van der Waals surface area contributed by atoms with Gasteiger partial charge in [0.05, 0.1) is 0 Å². The zero-order valence-electron chi connectivity index (χ0n) is 12.1. The Labute approximate surface area is 117 Å². The van der Waals surface area contributed by atoms with Crippen molar-refractivity contribution in [2.45, 2.75) is 39.0 Å². The number of piperidine rings is 1. The van der Waals surface area contributed by atoms with E-state index in [-0.39, 0.29) is 0 Å². The Morgan fingerprint density at radius 3 is 2.42 bits per heavy atom. The molecule has 0 aliphatic carbocycles. The van der Waals surface area contributed by atoms with E-state index < -0.39 is 0 Å². The largest absolute Gasteiger partial charge is 0.396 e. The van der Waals surface area contributed by atoms with Crippen LogP contribution in [-0.4, -0.2) is 36.2 Å². The van der Waals surface area contributed by atoms with Gasteiger partial charge in [0.2, 0.25) is 0 Å². The van der Waals surface area contributed by atoms with Crippen LogP contribution in [0.25, 0.3) is 0 Å². The van der Waals surface area contributed by atoms with Gasteiger partial charge in [-0.05, 0) is 70.1 Å². The van der Waals surface area contributed by atoms with Gasteiger partial charge in [0.15, 0.2) is 0 Å². The first-order chi connectivity index (χ1) is 9.28. The monoisotopic (exact) mass is 261 g/mol. The normalized spacial score (nSPS) is 17.8. The van der Waals surface area contributed by atoms with Gasteiger partial charge in [-0.15, -0.1) is 0 Å². The van der Waals surface area contributed by atoms with Crippen molar-refractivity contribution < 1.29 is 5.11 Å². The molecule has 1 heterocycles. The molecular formula is C17H27NO. The van der Waals surface area contributed by atoms with Crippen molar-refractivity contribution in [2.75, 3.05) is 26.2 Å². The third-order valence-electron chi connectivity index (χ3n) is 4.28. The third-order valence-corrected chi connectivity index (χ3v) is 4.28. The molecule has 1 N–H and O–H groups in total. The molecule has 0 atom stereocenters. The molecule has 0 radical (unpaired) electrons. The van der Waals surface area contributed by atoms with Gasteiger partial charge < -0.3 is 10.0 Å². The average molecular weight is 261 g/mol. The van der Waals surface area contributed by atoms with E-state index in [1.807, 2.05) is 0 Å². The first-order valence-electron chi connectivity index (χ1n) is 7.66. The van der Waals surface area contributed by atoms with Gasteiger partial charge in [0.25, 0.3) is 0 Å². The van der Waals surface area contributed by atoms with Gasteiger partial charge in [0, 0.05) is 6.61 Å². The molecule has 1 fully saturated rings. The lowest BCUT2D eigenvalue weighted by atomic mass is 9.97. The highest BCUT2D eigenvalue weighted by Crippen LogP contribution is 2.17. The van der Waals surface area contributed by atoms with Crippen LogP contribution in [0.15, 0.2) is 24.3 Å². The first kappa shape index (κ1) is 14.5. The highest BCUT2D eigenvalue weighted by atomic mass is 16.3. The molecule has 2 heteroatoms. The molecule has 0 unspecified atom stereocenters. The Hall–Kier alpha value is -0.860. The van der Waals surface area contributed by atoms with E-state index in [2.05, 4.69) is 36.1 Å². The summed E-state index contributed by atoms with van der Waals surface area (Å²) in [5, 5.41) is 9.12. The molecule has 0 saturated carbocycles. The van der Waals surface area contributed by atoms with Gasteiger partial charge in [-0.3, -0.25) is 0 Å². The molecular weight excluding hydrogens is 234 g/mol. The molecule has 2 rings (SSSR count). The number of nitrogens with zero attached hydrogens (tertiary/aromatic N) is 1. The van der Waals surface area contributed by atoms with Gasteiger partial charge in [-0.2, -0.15) is 0 Å². The van der Waals surface area contributed by atoms with Gasteiger partial charge in [-0.25, -0.2) is 0 Å². The predicted molar refractivity (Wildman–Crippen MR) is 80.4 cm³/mol. The number of aryl methyl sites for hydroxylation is 2. The van der Waals surface area contributed by atoms with Gasteiger partial charge in [0.1, 0.15) is 0 Å². The molecule has 0 aromatic heterocycles. The van der Waals surface area contributed by atoms with Crippen molar-refractivity contribution in [3.63, 3.8) is 0 Å². The summed E-state index contributed by atoms with van der Waals surface area (Å²) in [5.74, 6) is 0.559. The summed E-state index contributed by atoms with van der Waals surface area (Å²) in [5.41, 5.74) is 2.81. The first-order valence-corrected chi connectivity index (χ1v) is 7.66. The number of hydrogen-bond donors (Lipinski definition) is 1. The maximum Gasteiger partial charge on any atom is 0.0460 e. The molecule has 1 aliphatic rings. The van der Waals surface area contributed by atoms with Crippen LogP contribution in [0.1, 0.15) is 36.8 Å². The summed E-state index contributed by atoms with van der Waals surface area (Å²) in [7, 11) is 0. The number of rotatable bonds is 6. The molecule has 1 aromatic carbocycles. The lowest BCUT2D eigenvalue weighted by molar-refractivity contribution is 0.130. The summed E-state index contributed by atoms with van der Waals surface area (Å²) in [4.78, 5) is 2.56. The lowest BCUT2D eigenvalue weighted by Crippen LogP contribution is -2.35. The summed E-state index contributed by atoms with van der Waals surface area (Å²) >= 11 is 0. The van der Waals surface area contributed by atoms with Crippen LogP contribution in [0.4, 0.5) is 0 Å². The van der Waals surface area contributed by atoms with E-state index in [4.69, 9.17) is 5.11 Å². The number of hydrogen-bond acceptors (Lipinski definition) is 2. The second kappa shape index (κ2) is 7.66. The fourth-order valence-corrected chi connectivity index (χ4v) is 2.81. The Bertz CT molecular complexity index is 352. The second-order valence-corrected chi connectivity index (χ2v) is 5.91. The van der Waals surface area contributed by atoms with Gasteiger partial charge in [-0.1, -0.05) is 29.8 Å². The zero-order valence-corrected chi connectivity index (χ0v) is 12.1. The number of unbranched alkanes of at least 4 members (excludes halogenated alkanes) is 1. The van der Waals surface area contributed by atoms with Crippen LogP contribution >= 0.6 is 0 Å². The molecule has 19 heavy (non-hydrogen) atoms. The molecule has 0 amide bonds. The molecule has 0 bridgehead atoms. The quantitative estimate of drug-likeness (QED) is 0.796. The fraction of sp³-hybridized carbons (Fsp3) is 0.647. The van der Waals surface area contributed by atoms with Crippen LogP contribution in [0.3, 0.4) is 0 Å². The lowest BCUT2D eigenvalue weighted by Gasteiger charge is -2.30. The summed E-state index contributed by atoms with van der Waals surface area (Å²) < 4.78 is 0. The van der Waals surface area contributed by atoms with E-state index >= 15 is 0 Å². The van der Waals surface area contributed by atoms with Crippen molar-refractivity contribution >= 4 is 0 Å². The number of aliphatic hydroxyl groups is 1.